The van der Waals surface area contributed by atoms with E-state index >= 15 is 0 Å². The molecule has 2 aliphatic carbocycles. The number of carbonyl (C=O) groups excluding carboxylic acids is 8. The maximum Gasteiger partial charge on any atom is 0.408 e. The zero-order valence-corrected chi connectivity index (χ0v) is 44.1. The normalized spacial score (nSPS) is 18.9. The number of unbranched alkanes of at least 4 members (excludes halogenated alkanes) is 2. The zero-order chi connectivity index (χ0) is 53.0. The molecule has 400 valence electrons. The van der Waals surface area contributed by atoms with Crippen LogP contribution in [0.25, 0.3) is 0 Å². The first kappa shape index (κ1) is 61.2. The number of amides is 2. The van der Waals surface area contributed by atoms with E-state index in [0.29, 0.717) is 51.4 Å². The van der Waals surface area contributed by atoms with Crippen LogP contribution < -0.4 is 10.6 Å². The molecule has 72 heavy (non-hydrogen) atoms. The van der Waals surface area contributed by atoms with Gasteiger partial charge in [0.2, 0.25) is 5.78 Å². The van der Waals surface area contributed by atoms with Gasteiger partial charge in [0.05, 0.1) is 18.2 Å². The molecule has 0 aromatic heterocycles. The monoisotopic (exact) mass is 1000 g/mol. The fraction of sp³-hybridized carbons (Fsp3) is 0.655. The molecule has 0 spiro atoms. The number of aliphatic hydroxyl groups excluding tert-OH is 2. The van der Waals surface area contributed by atoms with Crippen molar-refractivity contribution in [3.63, 3.8) is 0 Å². The third kappa shape index (κ3) is 23.2. The molecule has 0 heterocycles. The number of benzene rings is 2. The molecule has 2 saturated carbocycles. The van der Waals surface area contributed by atoms with E-state index in [2.05, 4.69) is 10.6 Å². The lowest BCUT2D eigenvalue weighted by Gasteiger charge is -2.29. The number of rotatable bonds is 30. The van der Waals surface area contributed by atoms with Crippen LogP contribution in [0, 0.1) is 35.5 Å². The van der Waals surface area contributed by atoms with Gasteiger partial charge in [0, 0.05) is 43.9 Å². The second-order valence-electron chi connectivity index (χ2n) is 21.0. The highest BCUT2D eigenvalue weighted by Gasteiger charge is 2.36. The van der Waals surface area contributed by atoms with Crippen molar-refractivity contribution in [2.75, 3.05) is 0 Å². The number of aliphatic hydroxyl groups is 2. The minimum Gasteiger partial charge on any atom is -0.445 e. The number of Topliss-reactive ketones (excluding diaryl/α,β-unsaturated/α-hetero) is 6. The molecule has 2 aromatic carbocycles. The Balaban J connectivity index is 0.000000380. The lowest BCUT2D eigenvalue weighted by molar-refractivity contribution is -0.142. The first-order chi connectivity index (χ1) is 34.4. The quantitative estimate of drug-likeness (QED) is 0.0537. The van der Waals surface area contributed by atoms with E-state index in [9.17, 15) is 48.6 Å². The Morgan fingerprint density at radius 3 is 1.64 bits per heavy atom. The molecular weight excluding hydrogens is 917 g/mol. The minimum absolute atomic E-state index is 0.0104. The van der Waals surface area contributed by atoms with Crippen molar-refractivity contribution in [2.45, 2.75) is 207 Å². The molecule has 2 aliphatic rings. The van der Waals surface area contributed by atoms with Crippen molar-refractivity contribution in [1.82, 2.24) is 10.6 Å². The van der Waals surface area contributed by atoms with Gasteiger partial charge >= 0.3 is 12.2 Å². The first-order valence-electron chi connectivity index (χ1n) is 26.9. The van der Waals surface area contributed by atoms with E-state index in [-0.39, 0.29) is 85.7 Å². The fourth-order valence-corrected chi connectivity index (χ4v) is 9.59. The number of alkyl carbamates (subject to hydrolysis) is 2. The first-order valence-corrected chi connectivity index (χ1v) is 26.9. The summed E-state index contributed by atoms with van der Waals surface area (Å²) < 4.78 is 10.6. The summed E-state index contributed by atoms with van der Waals surface area (Å²) >= 11 is 0. The van der Waals surface area contributed by atoms with Crippen LogP contribution in [0.5, 0.6) is 0 Å². The Bertz CT molecular complexity index is 1990. The lowest BCUT2D eigenvalue weighted by Crippen LogP contribution is -2.44. The average molecular weight is 1000 g/mol. The van der Waals surface area contributed by atoms with Crippen molar-refractivity contribution in [3.05, 3.63) is 71.8 Å². The molecule has 0 radical (unpaired) electrons. The van der Waals surface area contributed by atoms with Crippen LogP contribution >= 0.6 is 0 Å². The van der Waals surface area contributed by atoms with Gasteiger partial charge in [0.25, 0.3) is 0 Å². The number of carbonyl (C=O) groups is 8. The molecule has 4 rings (SSSR count). The Morgan fingerprint density at radius 1 is 0.639 bits per heavy atom. The summed E-state index contributed by atoms with van der Waals surface area (Å²) in [6.07, 6.45) is 8.13. The molecule has 2 amide bonds. The van der Waals surface area contributed by atoms with E-state index in [1.54, 1.807) is 0 Å². The maximum absolute atomic E-state index is 13.3. The van der Waals surface area contributed by atoms with Gasteiger partial charge in [0.15, 0.2) is 23.1 Å². The summed E-state index contributed by atoms with van der Waals surface area (Å²) in [7, 11) is 0. The van der Waals surface area contributed by atoms with Gasteiger partial charge in [-0.1, -0.05) is 147 Å². The molecule has 0 unspecified atom stereocenters. The summed E-state index contributed by atoms with van der Waals surface area (Å²) in [4.78, 5) is 102. The Morgan fingerprint density at radius 2 is 1.14 bits per heavy atom. The smallest absolute Gasteiger partial charge is 0.408 e. The number of nitrogens with one attached hydrogen (secondary N) is 2. The average Bonchev–Trinajstić information content (AvgIpc) is 3.36. The fourth-order valence-electron chi connectivity index (χ4n) is 9.59. The van der Waals surface area contributed by atoms with Crippen LogP contribution in [0.4, 0.5) is 9.59 Å². The van der Waals surface area contributed by atoms with Crippen molar-refractivity contribution in [3.8, 4) is 0 Å². The molecular formula is C58H86N2O12. The van der Waals surface area contributed by atoms with Gasteiger partial charge in [0.1, 0.15) is 25.1 Å². The summed E-state index contributed by atoms with van der Waals surface area (Å²) in [5.41, 5.74) is 1.68. The Hall–Kier alpha value is -5.08. The van der Waals surface area contributed by atoms with Crippen LogP contribution in [-0.4, -0.2) is 81.4 Å². The highest BCUT2D eigenvalue weighted by molar-refractivity contribution is 6.38. The third-order valence-corrected chi connectivity index (χ3v) is 13.8. The number of hydrogen-bond acceptors (Lipinski definition) is 12. The Labute approximate surface area is 428 Å². The molecule has 14 nitrogen and oxygen atoms in total. The van der Waals surface area contributed by atoms with E-state index in [4.69, 9.17) is 9.47 Å². The summed E-state index contributed by atoms with van der Waals surface area (Å²) in [6, 6.07) is 17.0. The summed E-state index contributed by atoms with van der Waals surface area (Å²) in [6.45, 7) is 12.0. The maximum atomic E-state index is 13.3. The van der Waals surface area contributed by atoms with E-state index in [1.165, 1.54) is 0 Å². The molecule has 0 bridgehead atoms. The van der Waals surface area contributed by atoms with Gasteiger partial charge in [-0.3, -0.25) is 28.8 Å². The Kier molecular flexibility index (Phi) is 28.6. The highest BCUT2D eigenvalue weighted by atomic mass is 16.6. The van der Waals surface area contributed by atoms with Gasteiger partial charge in [-0.2, -0.15) is 0 Å². The van der Waals surface area contributed by atoms with Crippen LogP contribution in [-0.2, 0) is 51.5 Å². The molecule has 2 fully saturated rings. The van der Waals surface area contributed by atoms with E-state index in [1.807, 2.05) is 102 Å². The summed E-state index contributed by atoms with van der Waals surface area (Å²) in [5.74, 6) is -3.33. The van der Waals surface area contributed by atoms with Crippen molar-refractivity contribution in [1.29, 1.82) is 0 Å². The van der Waals surface area contributed by atoms with Crippen LogP contribution in [0.3, 0.4) is 0 Å². The van der Waals surface area contributed by atoms with E-state index in [0.717, 1.165) is 62.5 Å². The largest absolute Gasteiger partial charge is 0.445 e. The molecule has 2 aromatic rings. The topological polar surface area (TPSA) is 220 Å². The predicted molar refractivity (Wildman–Crippen MR) is 276 cm³/mol. The minimum atomic E-state index is -1.25. The molecule has 0 saturated heterocycles. The standard InChI is InChI=1S/C29H45NO6.C29H41NO6/c2*1-4-5-13-23(28(34)27(33)17-22-14-9-10-15-25(22)31)18-26(32)24(16-20(2)3)30-29(35)36-19-21-11-7-6-8-12-21/h6-8,11-12,20,22-25,28,31,34H,4-5,9-10,13-19H2,1-3H3,(H,30,35);6-8,11-12,20,22-24H,4-5,9-10,13-19H2,1-3H3,(H,30,35)/t22-,23-,24+,25+,28+;22-,23-,24+/m11/s1. The predicted octanol–water partition coefficient (Wildman–Crippen LogP) is 10.3. The van der Waals surface area contributed by atoms with Crippen LogP contribution in [0.15, 0.2) is 60.7 Å². The summed E-state index contributed by atoms with van der Waals surface area (Å²) in [5, 5.41) is 26.5. The van der Waals surface area contributed by atoms with Crippen LogP contribution in [0.1, 0.15) is 181 Å². The molecule has 4 N–H and O–H groups in total. The van der Waals surface area contributed by atoms with Gasteiger partial charge < -0.3 is 30.3 Å². The molecule has 8 atom stereocenters. The highest BCUT2D eigenvalue weighted by Crippen LogP contribution is 2.30. The number of ketones is 6. The van der Waals surface area contributed by atoms with Crippen molar-refractivity contribution >= 4 is 46.9 Å². The lowest BCUT2D eigenvalue weighted by atomic mass is 9.79. The third-order valence-electron chi connectivity index (χ3n) is 13.8. The van der Waals surface area contributed by atoms with Gasteiger partial charge in [-0.15, -0.1) is 0 Å². The molecule has 0 aliphatic heterocycles. The zero-order valence-electron chi connectivity index (χ0n) is 44.1. The van der Waals surface area contributed by atoms with Crippen molar-refractivity contribution in [2.24, 2.45) is 35.5 Å². The van der Waals surface area contributed by atoms with E-state index < -0.39 is 59.9 Å². The van der Waals surface area contributed by atoms with Crippen molar-refractivity contribution < 1.29 is 58.0 Å². The van der Waals surface area contributed by atoms with Gasteiger partial charge in [-0.25, -0.2) is 9.59 Å². The van der Waals surface area contributed by atoms with Crippen LogP contribution in [0.2, 0.25) is 0 Å². The SMILES string of the molecule is CCCC[C@H](CC(=O)[C@H](CC(C)C)NC(=O)OCc1ccccc1)C(=O)C(=O)C[C@H]1CCCCC1=O.CCCC[C@H](CC(=O)[C@H](CC(C)C)NC(=O)OCc1ccccc1)[C@H](O)C(=O)C[C@H]1CCCC[C@@H]1O. The second-order valence-corrected chi connectivity index (χ2v) is 21.0. The van der Waals surface area contributed by atoms with Gasteiger partial charge in [-0.05, 0) is 86.2 Å². The second kappa shape index (κ2) is 33.6. The number of ether oxygens (including phenoxy) is 2. The molecule has 14 heteroatoms. The number of hydrogen-bond donors (Lipinski definition) is 4.